The minimum absolute atomic E-state index is 0.00879. The molecule has 0 saturated carbocycles. The van der Waals surface area contributed by atoms with Crippen molar-refractivity contribution in [3.8, 4) is 0 Å². The lowest BCUT2D eigenvalue weighted by Gasteiger charge is -2.39. The molecule has 0 radical (unpaired) electrons. The van der Waals surface area contributed by atoms with Crippen LogP contribution in [0.4, 0.5) is 10.7 Å². The second-order valence-electron chi connectivity index (χ2n) is 11.8. The molecule has 2 aliphatic heterocycles. The summed E-state index contributed by atoms with van der Waals surface area (Å²) in [6, 6.07) is -0.688. The molecular formula is C25H42BN5O5. The lowest BCUT2D eigenvalue weighted by Crippen LogP contribution is -2.55. The van der Waals surface area contributed by atoms with Crippen LogP contribution in [0.25, 0.3) is 0 Å². The Labute approximate surface area is 215 Å². The summed E-state index contributed by atoms with van der Waals surface area (Å²) in [6.45, 7) is 16.3. The van der Waals surface area contributed by atoms with Gasteiger partial charge in [-0.25, -0.2) is 14.8 Å². The van der Waals surface area contributed by atoms with Gasteiger partial charge in [0.25, 0.3) is 0 Å². The maximum absolute atomic E-state index is 13.2. The van der Waals surface area contributed by atoms with Crippen molar-refractivity contribution in [3.05, 3.63) is 12.4 Å². The van der Waals surface area contributed by atoms with Gasteiger partial charge in [0, 0.05) is 44.0 Å². The summed E-state index contributed by atoms with van der Waals surface area (Å²) in [7, 11) is 1.41. The third-order valence-corrected chi connectivity index (χ3v) is 7.02. The van der Waals surface area contributed by atoms with Crippen LogP contribution in [0.1, 0.15) is 74.7 Å². The number of hydrogen-bond acceptors (Lipinski definition) is 8. The summed E-state index contributed by atoms with van der Waals surface area (Å²) in [5, 5.41) is 2.67. The summed E-state index contributed by atoms with van der Waals surface area (Å²) < 4.78 is 17.5. The normalized spacial score (nSPS) is 22.2. The molecule has 2 aliphatic rings. The highest BCUT2D eigenvalue weighted by atomic mass is 16.7. The number of rotatable bonds is 6. The SMILES string of the molecule is CC(NC(=O)OC(C)(C)C)C(=O)N1CCCCC1CN(C)c1ncc(B2OC(C)(C)C(C)(C)O2)cn1. The van der Waals surface area contributed by atoms with Crippen LogP contribution in [-0.2, 0) is 18.8 Å². The zero-order chi connectivity index (χ0) is 26.9. The third-order valence-electron chi connectivity index (χ3n) is 7.02. The van der Waals surface area contributed by atoms with Gasteiger partial charge in [-0.3, -0.25) is 4.79 Å². The minimum Gasteiger partial charge on any atom is -0.444 e. The number of likely N-dealkylation sites (tertiary alicyclic amines) is 1. The Bertz CT molecular complexity index is 918. The molecule has 1 aromatic rings. The Kier molecular flexibility index (Phi) is 8.25. The highest BCUT2D eigenvalue weighted by Crippen LogP contribution is 2.36. The van der Waals surface area contributed by atoms with Crippen LogP contribution in [0, 0.1) is 0 Å². The molecule has 1 N–H and O–H groups in total. The van der Waals surface area contributed by atoms with Crippen molar-refractivity contribution in [1.82, 2.24) is 20.2 Å². The Morgan fingerprint density at radius 1 is 1.19 bits per heavy atom. The van der Waals surface area contributed by atoms with E-state index in [9.17, 15) is 9.59 Å². The van der Waals surface area contributed by atoms with Crippen molar-refractivity contribution >= 4 is 30.5 Å². The topological polar surface area (TPSA) is 106 Å². The number of nitrogens with zero attached hydrogens (tertiary/aromatic N) is 4. The average Bonchev–Trinajstić information content (AvgIpc) is 2.99. The first-order chi connectivity index (χ1) is 16.6. The summed E-state index contributed by atoms with van der Waals surface area (Å²) in [6.07, 6.45) is 5.73. The molecule has 36 heavy (non-hydrogen) atoms. The van der Waals surface area contributed by atoms with Crippen LogP contribution in [0.5, 0.6) is 0 Å². The molecular weight excluding hydrogens is 461 g/mol. The van der Waals surface area contributed by atoms with E-state index < -0.39 is 36.1 Å². The molecule has 10 nitrogen and oxygen atoms in total. The fourth-order valence-corrected chi connectivity index (χ4v) is 4.30. The number of amides is 2. The van der Waals surface area contributed by atoms with Gasteiger partial charge in [-0.2, -0.15) is 0 Å². The summed E-state index contributed by atoms with van der Waals surface area (Å²) in [4.78, 5) is 38.2. The molecule has 3 rings (SSSR count). The number of ether oxygens (including phenoxy) is 1. The number of carbonyl (C=O) groups is 2. The summed E-state index contributed by atoms with van der Waals surface area (Å²) in [5.41, 5.74) is -0.720. The molecule has 11 heteroatoms. The smallest absolute Gasteiger partial charge is 0.444 e. The van der Waals surface area contributed by atoms with Gasteiger partial charge in [0.15, 0.2) is 0 Å². The van der Waals surface area contributed by atoms with Crippen molar-refractivity contribution in [2.75, 3.05) is 25.0 Å². The number of carbonyl (C=O) groups excluding carboxylic acids is 2. The van der Waals surface area contributed by atoms with Gasteiger partial charge >= 0.3 is 13.2 Å². The zero-order valence-electron chi connectivity index (χ0n) is 23.3. The Morgan fingerprint density at radius 3 is 2.33 bits per heavy atom. The zero-order valence-corrected chi connectivity index (χ0v) is 23.3. The number of aromatic nitrogens is 2. The molecule has 0 aromatic carbocycles. The van der Waals surface area contributed by atoms with Crippen LogP contribution >= 0.6 is 0 Å². The number of alkyl carbamates (subject to hydrolysis) is 1. The molecule has 2 saturated heterocycles. The van der Waals surface area contributed by atoms with Gasteiger partial charge in [0.05, 0.1) is 11.2 Å². The lowest BCUT2D eigenvalue weighted by atomic mass is 9.81. The molecule has 200 valence electrons. The second kappa shape index (κ2) is 10.5. The van der Waals surface area contributed by atoms with Gasteiger partial charge in [-0.1, -0.05) is 0 Å². The summed E-state index contributed by atoms with van der Waals surface area (Å²) in [5.74, 6) is 0.448. The van der Waals surface area contributed by atoms with E-state index in [4.69, 9.17) is 14.0 Å². The van der Waals surface area contributed by atoms with E-state index in [1.54, 1.807) is 40.1 Å². The number of piperidine rings is 1. The lowest BCUT2D eigenvalue weighted by molar-refractivity contribution is -0.136. The van der Waals surface area contributed by atoms with Gasteiger partial charge in [0.2, 0.25) is 11.9 Å². The molecule has 2 fully saturated rings. The highest BCUT2D eigenvalue weighted by Gasteiger charge is 2.52. The molecule has 0 aliphatic carbocycles. The van der Waals surface area contributed by atoms with Gasteiger partial charge in [0.1, 0.15) is 11.6 Å². The molecule has 2 atom stereocenters. The quantitative estimate of drug-likeness (QED) is 0.591. The molecule has 3 heterocycles. The largest absolute Gasteiger partial charge is 0.498 e. The van der Waals surface area contributed by atoms with Gasteiger partial charge in [-0.15, -0.1) is 0 Å². The molecule has 0 spiro atoms. The first-order valence-electron chi connectivity index (χ1n) is 12.8. The fraction of sp³-hybridized carbons (Fsp3) is 0.760. The predicted molar refractivity (Wildman–Crippen MR) is 139 cm³/mol. The first kappa shape index (κ1) is 28.2. The molecule has 1 aromatic heterocycles. The second-order valence-corrected chi connectivity index (χ2v) is 11.8. The van der Waals surface area contributed by atoms with E-state index in [1.165, 1.54) is 0 Å². The van der Waals surface area contributed by atoms with Crippen molar-refractivity contribution in [2.24, 2.45) is 0 Å². The van der Waals surface area contributed by atoms with E-state index in [0.717, 1.165) is 24.7 Å². The summed E-state index contributed by atoms with van der Waals surface area (Å²) >= 11 is 0. The van der Waals surface area contributed by atoms with Crippen LogP contribution < -0.4 is 15.7 Å². The maximum Gasteiger partial charge on any atom is 0.498 e. The Morgan fingerprint density at radius 2 is 1.78 bits per heavy atom. The predicted octanol–water partition coefficient (Wildman–Crippen LogP) is 2.51. The van der Waals surface area contributed by atoms with Crippen LogP contribution in [-0.4, -0.2) is 83.0 Å². The monoisotopic (exact) mass is 503 g/mol. The number of hydrogen-bond donors (Lipinski definition) is 1. The average molecular weight is 503 g/mol. The van der Waals surface area contributed by atoms with Crippen molar-refractivity contribution < 1.29 is 23.6 Å². The number of likely N-dealkylation sites (N-methyl/N-ethyl adjacent to an activating group) is 1. The van der Waals surface area contributed by atoms with E-state index in [-0.39, 0.29) is 11.9 Å². The molecule has 2 unspecified atom stereocenters. The number of anilines is 1. The first-order valence-corrected chi connectivity index (χ1v) is 12.8. The highest BCUT2D eigenvalue weighted by molar-refractivity contribution is 6.61. The van der Waals surface area contributed by atoms with Crippen molar-refractivity contribution in [3.63, 3.8) is 0 Å². The van der Waals surface area contributed by atoms with Crippen molar-refractivity contribution in [1.29, 1.82) is 0 Å². The molecule has 2 amide bonds. The van der Waals surface area contributed by atoms with Gasteiger partial charge < -0.3 is 29.2 Å². The van der Waals surface area contributed by atoms with Gasteiger partial charge in [-0.05, 0) is 74.7 Å². The van der Waals surface area contributed by atoms with E-state index in [1.807, 2.05) is 44.5 Å². The molecule has 0 bridgehead atoms. The fourth-order valence-electron chi connectivity index (χ4n) is 4.30. The third kappa shape index (κ3) is 6.67. The minimum atomic E-state index is -0.679. The van der Waals surface area contributed by atoms with E-state index >= 15 is 0 Å². The maximum atomic E-state index is 13.2. The Balaban J connectivity index is 1.62. The van der Waals surface area contributed by atoms with Crippen LogP contribution in [0.15, 0.2) is 12.4 Å². The number of nitrogens with one attached hydrogen (secondary N) is 1. The van der Waals surface area contributed by atoms with Crippen LogP contribution in [0.2, 0.25) is 0 Å². The van der Waals surface area contributed by atoms with Crippen LogP contribution in [0.3, 0.4) is 0 Å². The van der Waals surface area contributed by atoms with E-state index in [2.05, 4.69) is 15.3 Å². The Hall–Kier alpha value is -2.40. The standard InChI is InChI=1S/C25H42BN5O5/c1-17(29-22(33)34-23(2,3)4)20(32)31-13-11-10-12-19(31)16-30(9)21-27-14-18(15-28-21)26-35-24(5,6)25(7,8)36-26/h14-15,17,19H,10-13,16H2,1-9H3,(H,29,33). The van der Waals surface area contributed by atoms with Crippen molar-refractivity contribution in [2.45, 2.75) is 104 Å². The van der Waals surface area contributed by atoms with E-state index in [0.29, 0.717) is 19.0 Å².